The number of aromatic nitrogens is 2. The Labute approximate surface area is 157 Å². The van der Waals surface area contributed by atoms with Crippen molar-refractivity contribution in [3.63, 3.8) is 0 Å². The van der Waals surface area contributed by atoms with Crippen LogP contribution >= 0.6 is 0 Å². The molecule has 1 heterocycles. The highest BCUT2D eigenvalue weighted by atomic mass is 19.1. The maximum Gasteiger partial charge on any atom is 0.254 e. The van der Waals surface area contributed by atoms with E-state index in [0.29, 0.717) is 23.1 Å². The van der Waals surface area contributed by atoms with Crippen molar-refractivity contribution >= 4 is 23.1 Å². The highest BCUT2D eigenvalue weighted by molar-refractivity contribution is 5.98. The number of rotatable bonds is 6. The van der Waals surface area contributed by atoms with Crippen LogP contribution in [0.4, 0.5) is 15.9 Å². The second kappa shape index (κ2) is 7.87. The van der Waals surface area contributed by atoms with Crippen molar-refractivity contribution in [2.75, 3.05) is 26.0 Å². The number of carbonyl (C=O) groups is 1. The predicted octanol–water partition coefficient (Wildman–Crippen LogP) is 2.79. The van der Waals surface area contributed by atoms with Crippen molar-refractivity contribution in [3.8, 4) is 0 Å². The molecule has 27 heavy (non-hydrogen) atoms. The van der Waals surface area contributed by atoms with Crippen LogP contribution in [0.5, 0.6) is 0 Å². The molecule has 0 radical (unpaired) electrons. The average molecular weight is 372 g/mol. The largest absolute Gasteiger partial charge is 0.365 e. The first kappa shape index (κ1) is 19.0. The zero-order valence-electron chi connectivity index (χ0n) is 15.6. The SMILES string of the molecule is CN(C)CC1CC[C@@H](n2cc(C(N)=O)c(Nc3ccc(F)cc3)n2)C(=N)C1. The molecule has 1 unspecified atom stereocenters. The fourth-order valence-corrected chi connectivity index (χ4v) is 3.57. The summed E-state index contributed by atoms with van der Waals surface area (Å²) in [5, 5.41) is 15.9. The van der Waals surface area contributed by atoms with Crippen LogP contribution in [0.2, 0.25) is 0 Å². The van der Waals surface area contributed by atoms with Gasteiger partial charge in [-0.3, -0.25) is 9.48 Å². The molecule has 1 aliphatic carbocycles. The van der Waals surface area contributed by atoms with Gasteiger partial charge in [-0.05, 0) is 63.5 Å². The van der Waals surface area contributed by atoms with Crippen LogP contribution in [0.1, 0.15) is 35.7 Å². The summed E-state index contributed by atoms with van der Waals surface area (Å²) >= 11 is 0. The highest BCUT2D eigenvalue weighted by Crippen LogP contribution is 2.31. The van der Waals surface area contributed by atoms with Gasteiger partial charge in [0, 0.05) is 24.1 Å². The number of halogens is 1. The number of nitrogens with one attached hydrogen (secondary N) is 2. The molecule has 1 aromatic carbocycles. The normalized spacial score (nSPS) is 20.1. The molecule has 144 valence electrons. The Morgan fingerprint density at radius 3 is 2.67 bits per heavy atom. The van der Waals surface area contributed by atoms with Crippen molar-refractivity contribution in [3.05, 3.63) is 41.8 Å². The van der Waals surface area contributed by atoms with Crippen LogP contribution in [0, 0.1) is 17.1 Å². The van der Waals surface area contributed by atoms with Gasteiger partial charge in [0.15, 0.2) is 5.82 Å². The van der Waals surface area contributed by atoms with Crippen LogP contribution in [0.3, 0.4) is 0 Å². The lowest BCUT2D eigenvalue weighted by atomic mass is 9.84. The lowest BCUT2D eigenvalue weighted by Crippen LogP contribution is -2.32. The number of carbonyl (C=O) groups excluding carboxylic acids is 1. The number of benzene rings is 1. The zero-order chi connectivity index (χ0) is 19.6. The molecule has 1 saturated carbocycles. The molecule has 2 atom stereocenters. The Bertz CT molecular complexity index is 829. The number of nitrogens with zero attached hydrogens (tertiary/aromatic N) is 3. The fourth-order valence-electron chi connectivity index (χ4n) is 3.57. The van der Waals surface area contributed by atoms with Crippen molar-refractivity contribution in [1.82, 2.24) is 14.7 Å². The van der Waals surface area contributed by atoms with E-state index in [1.807, 2.05) is 14.1 Å². The van der Waals surface area contributed by atoms with E-state index in [4.69, 9.17) is 11.1 Å². The molecule has 8 heteroatoms. The molecular formula is C19H25FN6O. The molecule has 2 aromatic rings. The van der Waals surface area contributed by atoms with Gasteiger partial charge in [0.2, 0.25) is 0 Å². The van der Waals surface area contributed by atoms with Gasteiger partial charge in [-0.25, -0.2) is 4.39 Å². The first-order chi connectivity index (χ1) is 12.8. The van der Waals surface area contributed by atoms with Crippen LogP contribution in [-0.4, -0.2) is 46.9 Å². The van der Waals surface area contributed by atoms with E-state index >= 15 is 0 Å². The van der Waals surface area contributed by atoms with E-state index in [9.17, 15) is 9.18 Å². The number of nitrogens with two attached hydrogens (primary N) is 1. The maximum atomic E-state index is 13.1. The van der Waals surface area contributed by atoms with Gasteiger partial charge < -0.3 is 21.4 Å². The summed E-state index contributed by atoms with van der Waals surface area (Å²) in [6.07, 6.45) is 4.11. The van der Waals surface area contributed by atoms with Crippen LogP contribution in [0.15, 0.2) is 30.5 Å². The van der Waals surface area contributed by atoms with E-state index in [1.165, 1.54) is 12.1 Å². The minimum atomic E-state index is -0.598. The lowest BCUT2D eigenvalue weighted by Gasteiger charge is -2.31. The summed E-state index contributed by atoms with van der Waals surface area (Å²) in [5.74, 6) is -0.160. The van der Waals surface area contributed by atoms with Crippen molar-refractivity contribution in [2.45, 2.75) is 25.3 Å². The average Bonchev–Trinajstić information content (AvgIpc) is 3.00. The van der Waals surface area contributed by atoms with E-state index < -0.39 is 5.91 Å². The second-order valence-electron chi connectivity index (χ2n) is 7.32. The molecule has 1 aromatic heterocycles. The van der Waals surface area contributed by atoms with Gasteiger partial charge in [-0.2, -0.15) is 5.10 Å². The van der Waals surface area contributed by atoms with Crippen molar-refractivity contribution < 1.29 is 9.18 Å². The topological polar surface area (TPSA) is 100 Å². The van der Waals surface area contributed by atoms with E-state index in [2.05, 4.69) is 15.3 Å². The van der Waals surface area contributed by atoms with Crippen molar-refractivity contribution in [1.29, 1.82) is 5.41 Å². The number of primary amides is 1. The Hall–Kier alpha value is -2.74. The zero-order valence-corrected chi connectivity index (χ0v) is 15.6. The first-order valence-electron chi connectivity index (χ1n) is 8.97. The van der Waals surface area contributed by atoms with Crippen LogP contribution in [-0.2, 0) is 0 Å². The summed E-state index contributed by atoms with van der Waals surface area (Å²) < 4.78 is 14.7. The Kier molecular flexibility index (Phi) is 5.55. The quantitative estimate of drug-likeness (QED) is 0.726. The monoisotopic (exact) mass is 372 g/mol. The maximum absolute atomic E-state index is 13.1. The summed E-state index contributed by atoms with van der Waals surface area (Å²) in [6.45, 7) is 0.956. The van der Waals surface area contributed by atoms with Gasteiger partial charge in [0.25, 0.3) is 5.91 Å². The number of anilines is 2. The molecule has 0 bridgehead atoms. The molecular weight excluding hydrogens is 347 g/mol. The summed E-state index contributed by atoms with van der Waals surface area (Å²) in [7, 11) is 4.07. The minimum absolute atomic E-state index is 0.176. The molecule has 1 amide bonds. The molecule has 4 N–H and O–H groups in total. The third-order valence-electron chi connectivity index (χ3n) is 4.81. The fraction of sp³-hybridized carbons (Fsp3) is 0.421. The predicted molar refractivity (Wildman–Crippen MR) is 103 cm³/mol. The van der Waals surface area contributed by atoms with Gasteiger partial charge in [-0.1, -0.05) is 0 Å². The summed E-state index contributed by atoms with van der Waals surface area (Å²) in [5.41, 5.74) is 6.96. The Balaban J connectivity index is 1.79. The summed E-state index contributed by atoms with van der Waals surface area (Å²) in [6, 6.07) is 5.60. The third-order valence-corrected chi connectivity index (χ3v) is 4.81. The molecule has 7 nitrogen and oxygen atoms in total. The molecule has 0 saturated heterocycles. The molecule has 0 spiro atoms. The van der Waals surface area contributed by atoms with Gasteiger partial charge in [0.1, 0.15) is 11.4 Å². The van der Waals surface area contributed by atoms with Gasteiger partial charge in [0.05, 0.1) is 6.04 Å². The number of hydrogen-bond donors (Lipinski definition) is 3. The van der Waals surface area contributed by atoms with Crippen LogP contribution in [0.25, 0.3) is 0 Å². The number of amides is 1. The second-order valence-corrected chi connectivity index (χ2v) is 7.32. The minimum Gasteiger partial charge on any atom is -0.365 e. The molecule has 3 rings (SSSR count). The smallest absolute Gasteiger partial charge is 0.254 e. The summed E-state index contributed by atoms with van der Waals surface area (Å²) in [4.78, 5) is 14.0. The third kappa shape index (κ3) is 4.51. The Morgan fingerprint density at radius 1 is 1.37 bits per heavy atom. The van der Waals surface area contributed by atoms with Crippen molar-refractivity contribution in [2.24, 2.45) is 11.7 Å². The van der Waals surface area contributed by atoms with E-state index in [0.717, 1.165) is 25.8 Å². The molecule has 0 aliphatic heterocycles. The van der Waals surface area contributed by atoms with E-state index in [1.54, 1.807) is 23.0 Å². The number of hydrogen-bond acceptors (Lipinski definition) is 5. The van der Waals surface area contributed by atoms with Gasteiger partial charge in [-0.15, -0.1) is 0 Å². The molecule has 1 aliphatic rings. The molecule has 1 fully saturated rings. The first-order valence-corrected chi connectivity index (χ1v) is 8.97. The Morgan fingerprint density at radius 2 is 2.07 bits per heavy atom. The lowest BCUT2D eigenvalue weighted by molar-refractivity contribution is 0.100. The van der Waals surface area contributed by atoms with Gasteiger partial charge >= 0.3 is 0 Å². The van der Waals surface area contributed by atoms with E-state index in [-0.39, 0.29) is 17.4 Å². The highest BCUT2D eigenvalue weighted by Gasteiger charge is 2.29. The standard InChI is InChI=1S/C19H25FN6O/c1-25(2)10-12-3-8-17(16(21)9-12)26-11-15(18(22)27)19(24-26)23-14-6-4-13(20)5-7-14/h4-7,11-12,17,21H,3,8-10H2,1-2H3,(H2,22,27)(H,23,24)/t12?,17-/m1/s1. The van der Waals surface area contributed by atoms with Crippen LogP contribution < -0.4 is 11.1 Å².